The SMILES string of the molecule is Cc1[nH]ncc1C(=O)NC(C)Cc1ccc(Cl)cc1. The average molecular weight is 278 g/mol. The van der Waals surface area contributed by atoms with Gasteiger partial charge >= 0.3 is 0 Å². The monoisotopic (exact) mass is 277 g/mol. The van der Waals surface area contributed by atoms with Crippen LogP contribution in [0.3, 0.4) is 0 Å². The standard InChI is InChI=1S/C14H16ClN3O/c1-9(7-11-3-5-12(15)6-4-11)17-14(19)13-8-16-18-10(13)2/h3-6,8-9H,7H2,1-2H3,(H,16,18)(H,17,19). The van der Waals surface area contributed by atoms with Gasteiger partial charge in [-0.3, -0.25) is 9.89 Å². The zero-order chi connectivity index (χ0) is 13.8. The van der Waals surface area contributed by atoms with Crippen LogP contribution in [-0.2, 0) is 6.42 Å². The fraction of sp³-hybridized carbons (Fsp3) is 0.286. The Kier molecular flexibility index (Phi) is 4.22. The highest BCUT2D eigenvalue weighted by Crippen LogP contribution is 2.11. The molecule has 0 fully saturated rings. The number of aromatic amines is 1. The summed E-state index contributed by atoms with van der Waals surface area (Å²) in [5, 5.41) is 10.3. The van der Waals surface area contributed by atoms with Crippen LogP contribution >= 0.6 is 11.6 Å². The van der Waals surface area contributed by atoms with Gasteiger partial charge in [-0.25, -0.2) is 0 Å². The number of nitrogens with zero attached hydrogens (tertiary/aromatic N) is 1. The number of hydrogen-bond acceptors (Lipinski definition) is 2. The van der Waals surface area contributed by atoms with Crippen molar-refractivity contribution in [2.24, 2.45) is 0 Å². The maximum absolute atomic E-state index is 12.0. The van der Waals surface area contributed by atoms with Gasteiger partial charge in [0.15, 0.2) is 0 Å². The maximum atomic E-state index is 12.0. The summed E-state index contributed by atoms with van der Waals surface area (Å²) in [6, 6.07) is 7.68. The molecule has 0 saturated carbocycles. The first-order valence-corrected chi connectivity index (χ1v) is 6.49. The molecule has 0 aliphatic heterocycles. The van der Waals surface area contributed by atoms with Crippen LogP contribution in [-0.4, -0.2) is 22.1 Å². The Morgan fingerprint density at radius 1 is 1.42 bits per heavy atom. The third-order valence-corrected chi connectivity index (χ3v) is 3.16. The molecule has 0 radical (unpaired) electrons. The first-order chi connectivity index (χ1) is 9.06. The van der Waals surface area contributed by atoms with E-state index in [0.717, 1.165) is 22.7 Å². The Hall–Kier alpha value is -1.81. The molecule has 100 valence electrons. The molecule has 2 rings (SSSR count). The molecule has 1 aromatic heterocycles. The second-order valence-electron chi connectivity index (χ2n) is 4.61. The highest BCUT2D eigenvalue weighted by molar-refractivity contribution is 6.30. The van der Waals surface area contributed by atoms with Crippen molar-refractivity contribution in [2.75, 3.05) is 0 Å². The van der Waals surface area contributed by atoms with E-state index in [9.17, 15) is 4.79 Å². The normalized spacial score (nSPS) is 12.2. The maximum Gasteiger partial charge on any atom is 0.254 e. The number of amides is 1. The quantitative estimate of drug-likeness (QED) is 0.903. The van der Waals surface area contributed by atoms with Crippen molar-refractivity contribution in [3.63, 3.8) is 0 Å². The van der Waals surface area contributed by atoms with Crippen molar-refractivity contribution in [1.29, 1.82) is 0 Å². The third-order valence-electron chi connectivity index (χ3n) is 2.91. The number of hydrogen-bond donors (Lipinski definition) is 2. The van der Waals surface area contributed by atoms with Gasteiger partial charge in [0.05, 0.1) is 11.8 Å². The largest absolute Gasteiger partial charge is 0.349 e. The van der Waals surface area contributed by atoms with Crippen molar-refractivity contribution in [1.82, 2.24) is 15.5 Å². The molecule has 1 aromatic carbocycles. The number of aromatic nitrogens is 2. The summed E-state index contributed by atoms with van der Waals surface area (Å²) in [6.45, 7) is 3.80. The van der Waals surface area contributed by atoms with Crippen molar-refractivity contribution in [3.8, 4) is 0 Å². The minimum Gasteiger partial charge on any atom is -0.349 e. The molecule has 1 unspecified atom stereocenters. The van der Waals surface area contributed by atoms with Crippen LogP contribution in [0.1, 0.15) is 28.5 Å². The molecule has 0 spiro atoms. The number of aryl methyl sites for hydroxylation is 1. The van der Waals surface area contributed by atoms with Gasteiger partial charge in [0, 0.05) is 16.8 Å². The van der Waals surface area contributed by atoms with Crippen LogP contribution in [0.15, 0.2) is 30.5 Å². The predicted molar refractivity (Wildman–Crippen MR) is 75.4 cm³/mol. The lowest BCUT2D eigenvalue weighted by Gasteiger charge is -2.13. The van der Waals surface area contributed by atoms with Gasteiger partial charge < -0.3 is 5.32 Å². The number of carbonyl (C=O) groups is 1. The zero-order valence-electron chi connectivity index (χ0n) is 10.9. The van der Waals surface area contributed by atoms with Gasteiger partial charge in [0.1, 0.15) is 0 Å². The molecule has 0 saturated heterocycles. The summed E-state index contributed by atoms with van der Waals surface area (Å²) in [5.41, 5.74) is 2.50. The van der Waals surface area contributed by atoms with E-state index in [1.165, 1.54) is 0 Å². The number of benzene rings is 1. The average Bonchev–Trinajstić information content (AvgIpc) is 2.78. The van der Waals surface area contributed by atoms with Crippen LogP contribution in [0, 0.1) is 6.92 Å². The summed E-state index contributed by atoms with van der Waals surface area (Å²) in [5.74, 6) is -0.104. The summed E-state index contributed by atoms with van der Waals surface area (Å²) in [7, 11) is 0. The van der Waals surface area contributed by atoms with Crippen LogP contribution in [0.4, 0.5) is 0 Å². The van der Waals surface area contributed by atoms with Crippen molar-refractivity contribution in [2.45, 2.75) is 26.3 Å². The highest BCUT2D eigenvalue weighted by atomic mass is 35.5. The molecular weight excluding hydrogens is 262 g/mol. The van der Waals surface area contributed by atoms with Crippen LogP contribution in [0.2, 0.25) is 5.02 Å². The highest BCUT2D eigenvalue weighted by Gasteiger charge is 2.13. The van der Waals surface area contributed by atoms with E-state index in [0.29, 0.717) is 5.56 Å². The van der Waals surface area contributed by atoms with Gasteiger partial charge in [-0.05, 0) is 38.0 Å². The molecule has 1 atom stereocenters. The van der Waals surface area contributed by atoms with E-state index in [2.05, 4.69) is 15.5 Å². The Morgan fingerprint density at radius 2 is 2.11 bits per heavy atom. The van der Waals surface area contributed by atoms with Crippen molar-refractivity contribution < 1.29 is 4.79 Å². The lowest BCUT2D eigenvalue weighted by atomic mass is 10.1. The first-order valence-electron chi connectivity index (χ1n) is 6.11. The number of nitrogens with one attached hydrogen (secondary N) is 2. The minimum atomic E-state index is -0.104. The van der Waals surface area contributed by atoms with Gasteiger partial charge in [0.2, 0.25) is 0 Å². The summed E-state index contributed by atoms with van der Waals surface area (Å²) in [6.07, 6.45) is 2.31. The Balaban J connectivity index is 1.94. The fourth-order valence-electron chi connectivity index (χ4n) is 1.91. The molecule has 0 aliphatic carbocycles. The van der Waals surface area contributed by atoms with E-state index >= 15 is 0 Å². The van der Waals surface area contributed by atoms with E-state index in [-0.39, 0.29) is 11.9 Å². The van der Waals surface area contributed by atoms with Crippen LogP contribution in [0.25, 0.3) is 0 Å². The van der Waals surface area contributed by atoms with Crippen molar-refractivity contribution in [3.05, 3.63) is 52.3 Å². The van der Waals surface area contributed by atoms with Crippen LogP contribution in [0.5, 0.6) is 0 Å². The summed E-state index contributed by atoms with van der Waals surface area (Å²) in [4.78, 5) is 12.0. The lowest BCUT2D eigenvalue weighted by Crippen LogP contribution is -2.34. The molecule has 19 heavy (non-hydrogen) atoms. The molecule has 0 bridgehead atoms. The third kappa shape index (κ3) is 3.58. The van der Waals surface area contributed by atoms with E-state index in [1.54, 1.807) is 6.20 Å². The van der Waals surface area contributed by atoms with E-state index in [1.807, 2.05) is 38.1 Å². The topological polar surface area (TPSA) is 57.8 Å². The molecule has 5 heteroatoms. The van der Waals surface area contributed by atoms with E-state index < -0.39 is 0 Å². The summed E-state index contributed by atoms with van der Waals surface area (Å²) >= 11 is 5.84. The number of rotatable bonds is 4. The Labute approximate surface area is 117 Å². The molecule has 1 heterocycles. The molecular formula is C14H16ClN3O. The molecule has 4 nitrogen and oxygen atoms in total. The lowest BCUT2D eigenvalue weighted by molar-refractivity contribution is 0.0939. The number of carbonyl (C=O) groups excluding carboxylic acids is 1. The number of H-pyrrole nitrogens is 1. The zero-order valence-corrected chi connectivity index (χ0v) is 11.7. The Morgan fingerprint density at radius 3 is 2.68 bits per heavy atom. The first kappa shape index (κ1) is 13.6. The molecule has 0 aliphatic rings. The minimum absolute atomic E-state index is 0.0444. The Bertz CT molecular complexity index is 562. The molecule has 2 aromatic rings. The van der Waals surface area contributed by atoms with Crippen LogP contribution < -0.4 is 5.32 Å². The summed E-state index contributed by atoms with van der Waals surface area (Å²) < 4.78 is 0. The van der Waals surface area contributed by atoms with Gasteiger partial charge in [-0.15, -0.1) is 0 Å². The smallest absolute Gasteiger partial charge is 0.254 e. The van der Waals surface area contributed by atoms with Gasteiger partial charge in [-0.1, -0.05) is 23.7 Å². The second kappa shape index (κ2) is 5.89. The van der Waals surface area contributed by atoms with Gasteiger partial charge in [0.25, 0.3) is 5.91 Å². The van der Waals surface area contributed by atoms with Gasteiger partial charge in [-0.2, -0.15) is 5.10 Å². The van der Waals surface area contributed by atoms with E-state index in [4.69, 9.17) is 11.6 Å². The van der Waals surface area contributed by atoms with Crippen molar-refractivity contribution >= 4 is 17.5 Å². The fourth-order valence-corrected chi connectivity index (χ4v) is 2.03. The predicted octanol–water partition coefficient (Wildman–Crippen LogP) is 2.73. The number of halogens is 1. The second-order valence-corrected chi connectivity index (χ2v) is 5.05. The molecule has 2 N–H and O–H groups in total. The molecule has 1 amide bonds.